The van der Waals surface area contributed by atoms with Gasteiger partial charge in [-0.3, -0.25) is 14.5 Å². The molecule has 0 aliphatic carbocycles. The van der Waals surface area contributed by atoms with Crippen molar-refractivity contribution in [3.8, 4) is 0 Å². The first-order valence-electron chi connectivity index (χ1n) is 5.08. The quantitative estimate of drug-likeness (QED) is 0.461. The summed E-state index contributed by atoms with van der Waals surface area (Å²) in [6.45, 7) is 1.30. The van der Waals surface area contributed by atoms with E-state index in [1.54, 1.807) is 12.1 Å². The molecule has 0 bridgehead atoms. The van der Waals surface area contributed by atoms with E-state index in [9.17, 15) is 9.59 Å². The van der Waals surface area contributed by atoms with E-state index in [-0.39, 0.29) is 5.78 Å². The fourth-order valence-electron chi connectivity index (χ4n) is 1.58. The molecule has 1 heterocycles. The summed E-state index contributed by atoms with van der Waals surface area (Å²) in [6.07, 6.45) is 2.18. The van der Waals surface area contributed by atoms with Gasteiger partial charge in [0.1, 0.15) is 5.82 Å². The molecule has 1 aromatic rings. The second-order valence-corrected chi connectivity index (χ2v) is 3.49. The molecule has 1 aliphatic heterocycles. The lowest BCUT2D eigenvalue weighted by Crippen LogP contribution is -2.19. The van der Waals surface area contributed by atoms with E-state index in [1.165, 1.54) is 11.0 Å². The number of benzene rings is 1. The summed E-state index contributed by atoms with van der Waals surface area (Å²) in [5, 5.41) is 2.99. The van der Waals surface area contributed by atoms with Gasteiger partial charge in [0, 0.05) is 24.7 Å². The topological polar surface area (TPSA) is 49.4 Å². The van der Waals surface area contributed by atoms with Crippen LogP contribution in [0.5, 0.6) is 0 Å². The Morgan fingerprint density at radius 1 is 1.31 bits per heavy atom. The van der Waals surface area contributed by atoms with E-state index in [4.69, 9.17) is 0 Å². The van der Waals surface area contributed by atoms with Crippen molar-refractivity contribution in [1.29, 1.82) is 0 Å². The number of amides is 1. The van der Waals surface area contributed by atoms with Crippen LogP contribution in [0.4, 0.5) is 0 Å². The third-order valence-corrected chi connectivity index (χ3v) is 2.42. The number of nitrogens with zero attached hydrogens (tertiary/aromatic N) is 1. The van der Waals surface area contributed by atoms with Gasteiger partial charge in [-0.15, -0.1) is 0 Å². The molecule has 1 aromatic carbocycles. The summed E-state index contributed by atoms with van der Waals surface area (Å²) in [4.78, 5) is 24.0. The van der Waals surface area contributed by atoms with Crippen LogP contribution < -0.4 is 5.32 Å². The minimum Gasteiger partial charge on any atom is -0.369 e. The van der Waals surface area contributed by atoms with Crippen LogP contribution in [-0.4, -0.2) is 30.2 Å². The Labute approximate surface area is 93.6 Å². The van der Waals surface area contributed by atoms with Crippen LogP contribution in [0, 0.1) is 0 Å². The molecular weight excluding hydrogens is 204 g/mol. The molecule has 2 rings (SSSR count). The molecule has 0 radical (unpaired) electrons. The van der Waals surface area contributed by atoms with Gasteiger partial charge in [-0.2, -0.15) is 0 Å². The highest BCUT2D eigenvalue weighted by Crippen LogP contribution is 2.07. The number of hydrogen-bond donors (Lipinski definition) is 1. The highest BCUT2D eigenvalue weighted by Gasteiger charge is 2.16. The molecular formula is C12H12N2O2. The first-order chi connectivity index (χ1) is 7.81. The van der Waals surface area contributed by atoms with E-state index >= 15 is 0 Å². The van der Waals surface area contributed by atoms with Gasteiger partial charge < -0.3 is 5.32 Å². The summed E-state index contributed by atoms with van der Waals surface area (Å²) in [7, 11) is 0. The van der Waals surface area contributed by atoms with Crippen molar-refractivity contribution >= 4 is 12.2 Å². The van der Waals surface area contributed by atoms with E-state index < -0.39 is 0 Å². The number of carbonyl (C=O) groups is 2. The third-order valence-electron chi connectivity index (χ3n) is 2.42. The fraction of sp³-hybridized carbons (Fsp3) is 0.167. The lowest BCUT2D eigenvalue weighted by atomic mass is 10.1. The van der Waals surface area contributed by atoms with Crippen LogP contribution in [0.3, 0.4) is 0 Å². The van der Waals surface area contributed by atoms with Crippen LogP contribution in [0.2, 0.25) is 0 Å². The molecule has 4 heteroatoms. The second kappa shape index (κ2) is 4.61. The average molecular weight is 216 g/mol. The van der Waals surface area contributed by atoms with Crippen LogP contribution in [0.1, 0.15) is 10.4 Å². The lowest BCUT2D eigenvalue weighted by molar-refractivity contribution is -0.115. The van der Waals surface area contributed by atoms with Crippen LogP contribution in [0.25, 0.3) is 0 Å². The Kier molecular flexibility index (Phi) is 3.00. The van der Waals surface area contributed by atoms with Crippen molar-refractivity contribution in [2.24, 2.45) is 0 Å². The molecule has 16 heavy (non-hydrogen) atoms. The molecule has 1 fully saturated rings. The number of ketones is 1. The molecule has 4 nitrogen and oxygen atoms in total. The summed E-state index contributed by atoms with van der Waals surface area (Å²) >= 11 is 0. The van der Waals surface area contributed by atoms with Gasteiger partial charge in [0.05, 0.1) is 0 Å². The Morgan fingerprint density at radius 2 is 2.06 bits per heavy atom. The van der Waals surface area contributed by atoms with E-state index in [2.05, 4.69) is 5.32 Å². The summed E-state index contributed by atoms with van der Waals surface area (Å²) in [5.74, 6) is 0.473. The average Bonchev–Trinajstić information content (AvgIpc) is 2.77. The Hall–Kier alpha value is -2.10. The number of rotatable bonds is 3. The monoisotopic (exact) mass is 216 g/mol. The molecule has 0 spiro atoms. The van der Waals surface area contributed by atoms with E-state index in [0.29, 0.717) is 24.5 Å². The van der Waals surface area contributed by atoms with Crippen LogP contribution in [0.15, 0.2) is 42.2 Å². The zero-order valence-corrected chi connectivity index (χ0v) is 8.72. The van der Waals surface area contributed by atoms with Gasteiger partial charge in [0.15, 0.2) is 5.78 Å². The number of hydrogen-bond acceptors (Lipinski definition) is 3. The van der Waals surface area contributed by atoms with Gasteiger partial charge in [0.25, 0.3) is 0 Å². The van der Waals surface area contributed by atoms with Crippen molar-refractivity contribution in [2.75, 3.05) is 13.1 Å². The van der Waals surface area contributed by atoms with Crippen molar-refractivity contribution in [1.82, 2.24) is 10.2 Å². The summed E-state index contributed by atoms with van der Waals surface area (Å²) in [5.41, 5.74) is 0.620. The first-order valence-corrected chi connectivity index (χ1v) is 5.08. The predicted molar refractivity (Wildman–Crippen MR) is 59.6 cm³/mol. The minimum absolute atomic E-state index is 0.100. The van der Waals surface area contributed by atoms with Crippen molar-refractivity contribution in [3.63, 3.8) is 0 Å². The third kappa shape index (κ3) is 2.11. The Balaban J connectivity index is 2.18. The van der Waals surface area contributed by atoms with Gasteiger partial charge >= 0.3 is 0 Å². The van der Waals surface area contributed by atoms with Gasteiger partial charge in [-0.05, 0) is 0 Å². The van der Waals surface area contributed by atoms with Gasteiger partial charge in [-0.25, -0.2) is 0 Å². The van der Waals surface area contributed by atoms with Crippen molar-refractivity contribution in [2.45, 2.75) is 0 Å². The van der Waals surface area contributed by atoms with Crippen LogP contribution in [-0.2, 0) is 4.79 Å². The fourth-order valence-corrected chi connectivity index (χ4v) is 1.58. The zero-order chi connectivity index (χ0) is 11.4. The smallest absolute Gasteiger partial charge is 0.215 e. The molecule has 0 saturated carbocycles. The predicted octanol–water partition coefficient (Wildman–Crippen LogP) is 0.772. The molecule has 1 N–H and O–H groups in total. The Morgan fingerprint density at radius 3 is 2.75 bits per heavy atom. The van der Waals surface area contributed by atoms with Crippen LogP contribution >= 0.6 is 0 Å². The maximum Gasteiger partial charge on any atom is 0.215 e. The molecule has 1 amide bonds. The SMILES string of the molecule is O=CN1CCN/C1=C\C(=O)c1ccccc1. The highest BCUT2D eigenvalue weighted by molar-refractivity contribution is 6.04. The number of nitrogens with one attached hydrogen (secondary N) is 1. The second-order valence-electron chi connectivity index (χ2n) is 3.49. The molecule has 0 aromatic heterocycles. The first kappa shape index (κ1) is 10.4. The maximum atomic E-state index is 11.8. The van der Waals surface area contributed by atoms with Gasteiger partial charge in [0.2, 0.25) is 6.41 Å². The lowest BCUT2D eigenvalue weighted by Gasteiger charge is -2.08. The molecule has 1 saturated heterocycles. The molecule has 82 valence electrons. The zero-order valence-electron chi connectivity index (χ0n) is 8.72. The Bertz CT molecular complexity index is 426. The normalized spacial score (nSPS) is 17.2. The maximum absolute atomic E-state index is 11.8. The largest absolute Gasteiger partial charge is 0.369 e. The minimum atomic E-state index is -0.100. The number of allylic oxidation sites excluding steroid dienone is 1. The van der Waals surface area contributed by atoms with Crippen molar-refractivity contribution in [3.05, 3.63) is 47.8 Å². The molecule has 1 aliphatic rings. The standard InChI is InChI=1S/C12H12N2O2/c15-9-14-7-6-13-12(14)8-11(16)10-4-2-1-3-5-10/h1-5,8-9,13H,6-7H2/b12-8+. The number of carbonyl (C=O) groups excluding carboxylic acids is 2. The summed E-state index contributed by atoms with van der Waals surface area (Å²) in [6, 6.07) is 8.98. The van der Waals surface area contributed by atoms with E-state index in [0.717, 1.165) is 6.41 Å². The molecule has 0 atom stereocenters. The molecule has 0 unspecified atom stereocenters. The summed E-state index contributed by atoms with van der Waals surface area (Å²) < 4.78 is 0. The highest BCUT2D eigenvalue weighted by atomic mass is 16.1. The van der Waals surface area contributed by atoms with Crippen molar-refractivity contribution < 1.29 is 9.59 Å². The van der Waals surface area contributed by atoms with E-state index in [1.807, 2.05) is 18.2 Å². The van der Waals surface area contributed by atoms with Gasteiger partial charge in [-0.1, -0.05) is 30.3 Å².